The standard InChI is InChI=1S/C19H23NO3/c1-2-3-12-18(21)16-10-7-11-17(13-16)20-19(22)23-14-15-8-5-4-6-9-15/h4-11,13,18,21H,2-3,12,14H2,1H3,(H,20,22). The second-order valence-corrected chi connectivity index (χ2v) is 5.47. The normalized spacial score (nSPS) is 11.7. The van der Waals surface area contributed by atoms with E-state index in [1.54, 1.807) is 12.1 Å². The molecule has 0 saturated carbocycles. The molecule has 1 unspecified atom stereocenters. The molecule has 122 valence electrons. The number of aliphatic hydroxyl groups is 1. The van der Waals surface area contributed by atoms with Gasteiger partial charge in [-0.2, -0.15) is 0 Å². The smallest absolute Gasteiger partial charge is 0.411 e. The monoisotopic (exact) mass is 313 g/mol. The molecule has 4 nitrogen and oxygen atoms in total. The van der Waals surface area contributed by atoms with Gasteiger partial charge in [0.2, 0.25) is 0 Å². The molecule has 0 saturated heterocycles. The molecule has 2 N–H and O–H groups in total. The first-order valence-corrected chi connectivity index (χ1v) is 7.94. The highest BCUT2D eigenvalue weighted by Gasteiger charge is 2.09. The molecule has 2 aromatic rings. The van der Waals surface area contributed by atoms with Crippen LogP contribution >= 0.6 is 0 Å². The van der Waals surface area contributed by atoms with E-state index < -0.39 is 12.2 Å². The summed E-state index contributed by atoms with van der Waals surface area (Å²) in [6, 6.07) is 16.8. The zero-order chi connectivity index (χ0) is 16.5. The van der Waals surface area contributed by atoms with Crippen molar-refractivity contribution in [2.75, 3.05) is 5.32 Å². The van der Waals surface area contributed by atoms with Gasteiger partial charge in [0.15, 0.2) is 0 Å². The summed E-state index contributed by atoms with van der Waals surface area (Å²) in [5.74, 6) is 0. The molecule has 0 aromatic heterocycles. The number of unbranched alkanes of at least 4 members (excludes halogenated alkanes) is 1. The number of benzene rings is 2. The third kappa shape index (κ3) is 5.75. The van der Waals surface area contributed by atoms with E-state index in [1.807, 2.05) is 42.5 Å². The van der Waals surface area contributed by atoms with Crippen molar-refractivity contribution in [3.05, 3.63) is 65.7 Å². The SMILES string of the molecule is CCCCC(O)c1cccc(NC(=O)OCc2ccccc2)c1. The average Bonchev–Trinajstić information content (AvgIpc) is 2.59. The van der Waals surface area contributed by atoms with Crippen LogP contribution in [0.15, 0.2) is 54.6 Å². The number of hydrogen-bond acceptors (Lipinski definition) is 3. The van der Waals surface area contributed by atoms with Crippen molar-refractivity contribution in [2.45, 2.75) is 38.9 Å². The summed E-state index contributed by atoms with van der Waals surface area (Å²) in [6.45, 7) is 2.32. The number of aliphatic hydroxyl groups excluding tert-OH is 1. The molecular weight excluding hydrogens is 290 g/mol. The molecule has 4 heteroatoms. The van der Waals surface area contributed by atoms with Gasteiger partial charge in [-0.25, -0.2) is 4.79 Å². The van der Waals surface area contributed by atoms with Crippen molar-refractivity contribution in [1.82, 2.24) is 0 Å². The molecule has 0 heterocycles. The maximum atomic E-state index is 11.8. The van der Waals surface area contributed by atoms with Gasteiger partial charge in [-0.1, -0.05) is 62.2 Å². The Morgan fingerprint density at radius 1 is 1.17 bits per heavy atom. The number of nitrogens with one attached hydrogen (secondary N) is 1. The highest BCUT2D eigenvalue weighted by atomic mass is 16.5. The van der Waals surface area contributed by atoms with Crippen molar-refractivity contribution in [3.8, 4) is 0 Å². The lowest BCUT2D eigenvalue weighted by Crippen LogP contribution is -2.13. The Bertz CT molecular complexity index is 613. The van der Waals surface area contributed by atoms with Crippen molar-refractivity contribution >= 4 is 11.8 Å². The fraction of sp³-hybridized carbons (Fsp3) is 0.316. The van der Waals surface area contributed by atoms with Crippen molar-refractivity contribution in [3.63, 3.8) is 0 Å². The van der Waals surface area contributed by atoms with E-state index in [1.165, 1.54) is 0 Å². The maximum absolute atomic E-state index is 11.8. The van der Waals surface area contributed by atoms with Gasteiger partial charge >= 0.3 is 6.09 Å². The zero-order valence-corrected chi connectivity index (χ0v) is 13.4. The second kappa shape index (κ2) is 8.96. The number of carbonyl (C=O) groups is 1. The van der Waals surface area contributed by atoms with E-state index in [0.717, 1.165) is 30.4 Å². The summed E-state index contributed by atoms with van der Waals surface area (Å²) in [5, 5.41) is 12.8. The summed E-state index contributed by atoms with van der Waals surface area (Å²) < 4.78 is 5.18. The third-order valence-electron chi connectivity index (χ3n) is 3.56. The minimum atomic E-state index is -0.506. The highest BCUT2D eigenvalue weighted by molar-refractivity contribution is 5.84. The van der Waals surface area contributed by atoms with Crippen LogP contribution in [0.3, 0.4) is 0 Å². The quantitative estimate of drug-likeness (QED) is 0.781. The fourth-order valence-electron chi connectivity index (χ4n) is 2.26. The highest BCUT2D eigenvalue weighted by Crippen LogP contribution is 2.22. The van der Waals surface area contributed by atoms with Crippen molar-refractivity contribution < 1.29 is 14.6 Å². The van der Waals surface area contributed by atoms with Crippen LogP contribution in [0.5, 0.6) is 0 Å². The van der Waals surface area contributed by atoms with Crippen LogP contribution in [0.2, 0.25) is 0 Å². The average molecular weight is 313 g/mol. The van der Waals surface area contributed by atoms with E-state index in [2.05, 4.69) is 12.2 Å². The lowest BCUT2D eigenvalue weighted by molar-refractivity contribution is 0.155. The summed E-state index contributed by atoms with van der Waals surface area (Å²) in [5.41, 5.74) is 2.36. The molecule has 0 spiro atoms. The summed E-state index contributed by atoms with van der Waals surface area (Å²) >= 11 is 0. The summed E-state index contributed by atoms with van der Waals surface area (Å²) in [4.78, 5) is 11.8. The molecule has 23 heavy (non-hydrogen) atoms. The number of ether oxygens (including phenoxy) is 1. The number of hydrogen-bond donors (Lipinski definition) is 2. The maximum Gasteiger partial charge on any atom is 0.411 e. The van der Waals surface area contributed by atoms with Crippen LogP contribution < -0.4 is 5.32 Å². The van der Waals surface area contributed by atoms with Gasteiger partial charge in [-0.15, -0.1) is 0 Å². The van der Waals surface area contributed by atoms with Gasteiger partial charge in [0.05, 0.1) is 6.10 Å². The van der Waals surface area contributed by atoms with Gasteiger partial charge in [-0.3, -0.25) is 5.32 Å². The van der Waals surface area contributed by atoms with Crippen LogP contribution in [0.1, 0.15) is 43.4 Å². The Morgan fingerprint density at radius 3 is 2.70 bits per heavy atom. The fourth-order valence-corrected chi connectivity index (χ4v) is 2.26. The van der Waals surface area contributed by atoms with E-state index in [9.17, 15) is 9.90 Å². The number of carbonyl (C=O) groups excluding carboxylic acids is 1. The van der Waals surface area contributed by atoms with Crippen LogP contribution in [0.25, 0.3) is 0 Å². The molecule has 0 aliphatic carbocycles. The van der Waals surface area contributed by atoms with Crippen LogP contribution in [-0.4, -0.2) is 11.2 Å². The zero-order valence-electron chi connectivity index (χ0n) is 13.4. The third-order valence-corrected chi connectivity index (χ3v) is 3.56. The number of amides is 1. The molecule has 0 fully saturated rings. The summed E-state index contributed by atoms with van der Waals surface area (Å²) in [7, 11) is 0. The van der Waals surface area contributed by atoms with Gasteiger partial charge in [0, 0.05) is 5.69 Å². The molecule has 0 aliphatic rings. The van der Waals surface area contributed by atoms with Crippen LogP contribution in [-0.2, 0) is 11.3 Å². The van der Waals surface area contributed by atoms with E-state index in [-0.39, 0.29) is 6.61 Å². The minimum Gasteiger partial charge on any atom is -0.444 e. The minimum absolute atomic E-state index is 0.228. The molecule has 2 aromatic carbocycles. The van der Waals surface area contributed by atoms with E-state index in [0.29, 0.717) is 5.69 Å². The van der Waals surface area contributed by atoms with E-state index >= 15 is 0 Å². The lowest BCUT2D eigenvalue weighted by Gasteiger charge is -2.12. The van der Waals surface area contributed by atoms with Crippen LogP contribution in [0.4, 0.5) is 10.5 Å². The first-order chi connectivity index (χ1) is 11.2. The molecule has 0 radical (unpaired) electrons. The predicted molar refractivity (Wildman–Crippen MR) is 91.2 cm³/mol. The topological polar surface area (TPSA) is 58.6 Å². The summed E-state index contributed by atoms with van der Waals surface area (Å²) in [6.07, 6.45) is 1.73. The Labute approximate surface area is 137 Å². The molecule has 2 rings (SSSR count). The Hall–Kier alpha value is -2.33. The van der Waals surface area contributed by atoms with Crippen molar-refractivity contribution in [1.29, 1.82) is 0 Å². The molecule has 1 amide bonds. The van der Waals surface area contributed by atoms with E-state index in [4.69, 9.17) is 4.74 Å². The molecular formula is C19H23NO3. The Balaban J connectivity index is 1.88. The molecule has 0 aliphatic heterocycles. The van der Waals surface area contributed by atoms with Crippen molar-refractivity contribution in [2.24, 2.45) is 0 Å². The van der Waals surface area contributed by atoms with Gasteiger partial charge in [-0.05, 0) is 29.7 Å². The Morgan fingerprint density at radius 2 is 1.96 bits per heavy atom. The first kappa shape index (κ1) is 17.0. The first-order valence-electron chi connectivity index (χ1n) is 7.94. The lowest BCUT2D eigenvalue weighted by atomic mass is 10.0. The number of anilines is 1. The Kier molecular flexibility index (Phi) is 6.63. The number of rotatable bonds is 7. The van der Waals surface area contributed by atoms with Gasteiger partial charge in [0.1, 0.15) is 6.61 Å². The largest absolute Gasteiger partial charge is 0.444 e. The second-order valence-electron chi connectivity index (χ2n) is 5.47. The van der Waals surface area contributed by atoms with Gasteiger partial charge < -0.3 is 9.84 Å². The van der Waals surface area contributed by atoms with Crippen LogP contribution in [0, 0.1) is 0 Å². The molecule has 0 bridgehead atoms. The molecule has 1 atom stereocenters. The predicted octanol–water partition coefficient (Wildman–Crippen LogP) is 4.66. The van der Waals surface area contributed by atoms with Gasteiger partial charge in [0.25, 0.3) is 0 Å².